The number of carbonyl (C=O) groups is 3. The van der Waals surface area contributed by atoms with Gasteiger partial charge in [-0.25, -0.2) is 9.59 Å². The highest BCUT2D eigenvalue weighted by Gasteiger charge is 2.59. The lowest BCUT2D eigenvalue weighted by molar-refractivity contribution is -0.151. The first-order valence-electron chi connectivity index (χ1n) is 12.3. The Bertz CT molecular complexity index is 940. The smallest absolute Gasteiger partial charge is 0.336 e. The van der Waals surface area contributed by atoms with Gasteiger partial charge in [0.25, 0.3) is 0 Å². The van der Waals surface area contributed by atoms with Crippen LogP contribution in [-0.4, -0.2) is 22.8 Å². The van der Waals surface area contributed by atoms with Crippen molar-refractivity contribution in [3.8, 4) is 5.75 Å². The molecule has 3 atom stereocenters. The summed E-state index contributed by atoms with van der Waals surface area (Å²) >= 11 is 0. The standard InChI is InChI=1S/C28H38O5/c1-6-7-8-9-14-27(2,3)18-10-11-19(24(15-18)33-26(32)13-12-25(30)31)20-16-23(29)22-17-21(20)28(22,4)5/h10-13,15,20-22H,6-9,14,16-17H2,1-5H3,(H,30,31)/b13-12+/t20-,21?,22?/m1/s1. The van der Waals surface area contributed by atoms with E-state index in [9.17, 15) is 14.4 Å². The number of hydrogen-bond acceptors (Lipinski definition) is 4. The van der Waals surface area contributed by atoms with Crippen LogP contribution in [0.15, 0.2) is 30.4 Å². The van der Waals surface area contributed by atoms with Crippen molar-refractivity contribution in [2.75, 3.05) is 0 Å². The van der Waals surface area contributed by atoms with Gasteiger partial charge in [-0.1, -0.05) is 72.4 Å². The van der Waals surface area contributed by atoms with Crippen LogP contribution in [0, 0.1) is 17.3 Å². The molecule has 0 aliphatic heterocycles. The minimum Gasteiger partial charge on any atom is -0.478 e. The minimum atomic E-state index is -1.20. The van der Waals surface area contributed by atoms with Gasteiger partial charge in [-0.3, -0.25) is 4.79 Å². The number of carboxylic acids is 1. The van der Waals surface area contributed by atoms with Crippen molar-refractivity contribution in [2.24, 2.45) is 17.3 Å². The summed E-state index contributed by atoms with van der Waals surface area (Å²) in [7, 11) is 0. The molecule has 3 aliphatic rings. The number of unbranched alkanes of at least 4 members (excludes halogenated alkanes) is 3. The van der Waals surface area contributed by atoms with Gasteiger partial charge in [-0.2, -0.15) is 0 Å². The molecule has 0 amide bonds. The zero-order valence-corrected chi connectivity index (χ0v) is 20.6. The normalized spacial score (nSPS) is 23.9. The second-order valence-electron chi connectivity index (χ2n) is 11.0. The number of esters is 1. The fraction of sp³-hybridized carbons (Fsp3) is 0.607. The molecule has 0 saturated heterocycles. The maximum Gasteiger partial charge on any atom is 0.336 e. The highest BCUT2D eigenvalue weighted by Crippen LogP contribution is 2.63. The van der Waals surface area contributed by atoms with Gasteiger partial charge in [-0.05, 0) is 52.7 Å². The molecule has 33 heavy (non-hydrogen) atoms. The number of aliphatic carboxylic acids is 1. The van der Waals surface area contributed by atoms with E-state index in [2.05, 4.69) is 40.7 Å². The molecule has 5 nitrogen and oxygen atoms in total. The highest BCUT2D eigenvalue weighted by atomic mass is 16.5. The Kier molecular flexibility index (Phi) is 7.50. The van der Waals surface area contributed by atoms with Crippen LogP contribution in [0.25, 0.3) is 0 Å². The third-order valence-electron chi connectivity index (χ3n) is 8.06. The first kappa shape index (κ1) is 25.2. The maximum atomic E-state index is 12.8. The largest absolute Gasteiger partial charge is 0.478 e. The summed E-state index contributed by atoms with van der Waals surface area (Å²) in [5.41, 5.74) is 1.82. The van der Waals surface area contributed by atoms with Gasteiger partial charge in [0.05, 0.1) is 0 Å². The molecule has 5 heteroatoms. The van der Waals surface area contributed by atoms with Crippen LogP contribution < -0.4 is 4.74 Å². The van der Waals surface area contributed by atoms with Crippen molar-refractivity contribution < 1.29 is 24.2 Å². The highest BCUT2D eigenvalue weighted by molar-refractivity contribution is 5.92. The number of Topliss-reactive ketones (excluding diaryl/α,β-unsaturated/α-hetero) is 1. The molecule has 2 bridgehead atoms. The zero-order valence-electron chi connectivity index (χ0n) is 20.6. The quantitative estimate of drug-likeness (QED) is 0.197. The first-order valence-corrected chi connectivity index (χ1v) is 12.3. The molecule has 0 radical (unpaired) electrons. The van der Waals surface area contributed by atoms with E-state index < -0.39 is 11.9 Å². The molecule has 2 unspecified atom stereocenters. The van der Waals surface area contributed by atoms with Crippen LogP contribution in [0.5, 0.6) is 5.75 Å². The van der Waals surface area contributed by atoms with Gasteiger partial charge in [0, 0.05) is 24.5 Å². The van der Waals surface area contributed by atoms with E-state index in [1.165, 1.54) is 19.3 Å². The Morgan fingerprint density at radius 3 is 2.52 bits per heavy atom. The van der Waals surface area contributed by atoms with E-state index in [0.29, 0.717) is 18.1 Å². The van der Waals surface area contributed by atoms with Gasteiger partial charge in [0.2, 0.25) is 0 Å². The molecule has 3 fully saturated rings. The Morgan fingerprint density at radius 1 is 1.18 bits per heavy atom. The number of ketones is 1. The predicted octanol–water partition coefficient (Wildman–Crippen LogP) is 6.20. The van der Waals surface area contributed by atoms with E-state index in [0.717, 1.165) is 42.5 Å². The van der Waals surface area contributed by atoms with E-state index in [1.54, 1.807) is 0 Å². The number of fused-ring (bicyclic) bond motifs is 2. The molecular weight excluding hydrogens is 416 g/mol. The average molecular weight is 455 g/mol. The number of carbonyl (C=O) groups excluding carboxylic acids is 2. The lowest BCUT2D eigenvalue weighted by Crippen LogP contribution is -2.56. The van der Waals surface area contributed by atoms with Crippen molar-refractivity contribution >= 4 is 17.7 Å². The monoisotopic (exact) mass is 454 g/mol. The molecule has 180 valence electrons. The molecule has 4 rings (SSSR count). The summed E-state index contributed by atoms with van der Waals surface area (Å²) in [5.74, 6) is -0.683. The van der Waals surface area contributed by atoms with Gasteiger partial charge >= 0.3 is 11.9 Å². The van der Waals surface area contributed by atoms with E-state index in [-0.39, 0.29) is 28.4 Å². The van der Waals surface area contributed by atoms with Crippen molar-refractivity contribution in [3.63, 3.8) is 0 Å². The van der Waals surface area contributed by atoms with Gasteiger partial charge < -0.3 is 9.84 Å². The van der Waals surface area contributed by atoms with Gasteiger partial charge in [-0.15, -0.1) is 0 Å². The van der Waals surface area contributed by atoms with E-state index in [1.807, 2.05) is 12.1 Å². The molecule has 3 aliphatic carbocycles. The SMILES string of the molecule is CCCCCCC(C)(C)c1ccc([C@H]2CC(=O)C3CC2C3(C)C)c(OC(=O)/C=C/C(=O)O)c1. The van der Waals surface area contributed by atoms with E-state index >= 15 is 0 Å². The second kappa shape index (κ2) is 9.82. The molecule has 1 aromatic carbocycles. The molecule has 0 heterocycles. The second-order valence-corrected chi connectivity index (χ2v) is 11.0. The third kappa shape index (κ3) is 5.39. The van der Waals surface area contributed by atoms with Crippen molar-refractivity contribution in [1.82, 2.24) is 0 Å². The molecule has 1 aromatic rings. The molecular formula is C28H38O5. The maximum absolute atomic E-state index is 12.8. The summed E-state index contributed by atoms with van der Waals surface area (Å²) in [6, 6.07) is 6.07. The van der Waals surface area contributed by atoms with Crippen LogP contribution in [0.4, 0.5) is 0 Å². The molecule has 1 N–H and O–H groups in total. The summed E-state index contributed by atoms with van der Waals surface area (Å²) in [5, 5.41) is 8.85. The Balaban J connectivity index is 1.93. The van der Waals surface area contributed by atoms with Gasteiger partial charge in [0.1, 0.15) is 11.5 Å². The average Bonchev–Trinajstić information content (AvgIpc) is 2.74. The van der Waals surface area contributed by atoms with Crippen LogP contribution in [0.2, 0.25) is 0 Å². The zero-order chi connectivity index (χ0) is 24.4. The summed E-state index contributed by atoms with van der Waals surface area (Å²) in [6.45, 7) is 10.9. The van der Waals surface area contributed by atoms with E-state index in [4.69, 9.17) is 9.84 Å². The molecule has 3 saturated carbocycles. The summed E-state index contributed by atoms with van der Waals surface area (Å²) in [4.78, 5) is 36.0. The number of hydrogen-bond donors (Lipinski definition) is 1. The number of rotatable bonds is 10. The topological polar surface area (TPSA) is 80.7 Å². The Labute approximate surface area is 197 Å². The minimum absolute atomic E-state index is 0.00506. The fourth-order valence-electron chi connectivity index (χ4n) is 5.79. The summed E-state index contributed by atoms with van der Waals surface area (Å²) < 4.78 is 5.70. The van der Waals surface area contributed by atoms with Crippen molar-refractivity contribution in [3.05, 3.63) is 41.5 Å². The van der Waals surface area contributed by atoms with Crippen molar-refractivity contribution in [1.29, 1.82) is 0 Å². The van der Waals surface area contributed by atoms with Gasteiger partial charge in [0.15, 0.2) is 0 Å². The molecule has 0 aromatic heterocycles. The third-order valence-corrected chi connectivity index (χ3v) is 8.06. The van der Waals surface area contributed by atoms with Crippen LogP contribution in [0.3, 0.4) is 0 Å². The molecule has 0 spiro atoms. The lowest BCUT2D eigenvalue weighted by atomic mass is 9.44. The Morgan fingerprint density at radius 2 is 1.91 bits per heavy atom. The van der Waals surface area contributed by atoms with Crippen LogP contribution in [0.1, 0.15) is 96.6 Å². The number of benzene rings is 1. The Hall–Kier alpha value is -2.43. The van der Waals surface area contributed by atoms with Crippen molar-refractivity contribution in [2.45, 2.75) is 90.9 Å². The summed E-state index contributed by atoms with van der Waals surface area (Å²) in [6.07, 6.45) is 8.84. The number of carboxylic acid groups (broad SMARTS) is 1. The van der Waals surface area contributed by atoms with Crippen LogP contribution in [-0.2, 0) is 19.8 Å². The fourth-order valence-corrected chi connectivity index (χ4v) is 5.79. The lowest BCUT2D eigenvalue weighted by Gasteiger charge is -2.59. The number of ether oxygens (including phenoxy) is 1. The first-order chi connectivity index (χ1) is 15.5. The van der Waals surface area contributed by atoms with Crippen LogP contribution >= 0.6 is 0 Å². The predicted molar refractivity (Wildman–Crippen MR) is 128 cm³/mol.